The van der Waals surface area contributed by atoms with Crippen LogP contribution < -0.4 is 5.32 Å². The maximum absolute atomic E-state index is 12.8. The maximum Gasteiger partial charge on any atom is 0.340 e. The monoisotopic (exact) mass is 509 g/mol. The van der Waals surface area contributed by atoms with Gasteiger partial charge < -0.3 is 29.3 Å². The van der Waals surface area contributed by atoms with Crippen molar-refractivity contribution in [3.63, 3.8) is 0 Å². The number of fused-ring (bicyclic) bond motifs is 1. The highest BCUT2D eigenvalue weighted by Crippen LogP contribution is 2.47. The average Bonchev–Trinajstić information content (AvgIpc) is 3.54. The van der Waals surface area contributed by atoms with Crippen molar-refractivity contribution in [1.29, 1.82) is 0 Å². The smallest absolute Gasteiger partial charge is 0.340 e. The number of oxazole rings is 1. The van der Waals surface area contributed by atoms with Gasteiger partial charge in [0, 0.05) is 32.0 Å². The lowest BCUT2D eigenvalue weighted by atomic mass is 9.77. The highest BCUT2D eigenvalue weighted by atomic mass is 16.7. The number of benzene rings is 1. The van der Waals surface area contributed by atoms with Crippen molar-refractivity contribution in [2.75, 3.05) is 12.4 Å². The van der Waals surface area contributed by atoms with Gasteiger partial charge >= 0.3 is 5.97 Å². The molecule has 37 heavy (non-hydrogen) atoms. The van der Waals surface area contributed by atoms with E-state index in [1.54, 1.807) is 31.4 Å². The first-order valence-corrected chi connectivity index (χ1v) is 13.1. The molecular weight excluding hydrogens is 474 g/mol. The number of hydrogen-bond donors (Lipinski definition) is 3. The minimum Gasteiger partial charge on any atom is -0.478 e. The van der Waals surface area contributed by atoms with E-state index in [0.29, 0.717) is 41.2 Å². The van der Waals surface area contributed by atoms with Gasteiger partial charge in [0.25, 0.3) is 0 Å². The first kappa shape index (κ1) is 25.5. The standard InChI is InChI=1S/C28H35N3O6/c1-15-9-10-28(17(3)12-16(2)22(36-28)13-20(32)18-6-5-11-30-18)37-23(15)14-24-31-26-21(35-24)8-7-19(29-4)25(26)27(33)34/h5-8,11,15-17,22-23,29-30H,9-10,12-14H2,1-4H3,(H,33,34)/t15-,16-,17-,22+,23-,28-/m1/s1. The zero-order chi connectivity index (χ0) is 26.3. The van der Waals surface area contributed by atoms with Crippen molar-refractivity contribution in [1.82, 2.24) is 9.97 Å². The van der Waals surface area contributed by atoms with Crippen LogP contribution in [0.5, 0.6) is 0 Å². The van der Waals surface area contributed by atoms with Crippen molar-refractivity contribution >= 4 is 28.5 Å². The van der Waals surface area contributed by atoms with E-state index in [0.717, 1.165) is 19.3 Å². The summed E-state index contributed by atoms with van der Waals surface area (Å²) in [6.45, 7) is 6.44. The minimum atomic E-state index is -1.06. The summed E-state index contributed by atoms with van der Waals surface area (Å²) in [5, 5.41) is 12.7. The van der Waals surface area contributed by atoms with E-state index in [2.05, 4.69) is 36.1 Å². The second-order valence-electron chi connectivity index (χ2n) is 10.7. The Morgan fingerprint density at radius 2 is 1.95 bits per heavy atom. The van der Waals surface area contributed by atoms with Crippen molar-refractivity contribution in [3.05, 3.63) is 47.6 Å². The van der Waals surface area contributed by atoms with E-state index in [-0.39, 0.29) is 41.3 Å². The summed E-state index contributed by atoms with van der Waals surface area (Å²) in [5.74, 6) is -0.731. The molecule has 9 nitrogen and oxygen atoms in total. The molecule has 0 unspecified atom stereocenters. The predicted octanol–water partition coefficient (Wildman–Crippen LogP) is 5.28. The SMILES string of the molecule is CNc1ccc2oc(C[C@H]3O[C@@]4(CC[C@H]3C)O[C@@H](CC(=O)c3ccc[nH]3)[C@H](C)C[C@H]4C)nc2c1C(=O)O. The molecule has 0 bridgehead atoms. The Balaban J connectivity index is 1.36. The molecule has 4 heterocycles. The normalized spacial score (nSPS) is 30.0. The summed E-state index contributed by atoms with van der Waals surface area (Å²) in [6, 6.07) is 7.03. The first-order valence-electron chi connectivity index (χ1n) is 13.1. The number of nitrogens with zero attached hydrogens (tertiary/aromatic N) is 1. The van der Waals surface area contributed by atoms with Crippen LogP contribution in [0.1, 0.15) is 73.2 Å². The van der Waals surface area contributed by atoms with Gasteiger partial charge in [0.15, 0.2) is 23.0 Å². The molecule has 9 heteroatoms. The fourth-order valence-electron chi connectivity index (χ4n) is 5.88. The van der Waals surface area contributed by atoms with E-state index in [1.165, 1.54) is 0 Å². The summed E-state index contributed by atoms with van der Waals surface area (Å²) in [5.41, 5.74) is 1.93. The summed E-state index contributed by atoms with van der Waals surface area (Å²) < 4.78 is 19.4. The van der Waals surface area contributed by atoms with Gasteiger partial charge in [-0.3, -0.25) is 4.79 Å². The lowest BCUT2D eigenvalue weighted by Gasteiger charge is -2.52. The van der Waals surface area contributed by atoms with Crippen molar-refractivity contribution in [2.45, 2.75) is 70.9 Å². The zero-order valence-electron chi connectivity index (χ0n) is 21.7. The molecule has 2 aliphatic heterocycles. The van der Waals surface area contributed by atoms with Gasteiger partial charge in [-0.1, -0.05) is 20.8 Å². The maximum atomic E-state index is 12.8. The second kappa shape index (κ2) is 9.95. The Hall–Kier alpha value is -3.17. The number of aromatic amines is 1. The Morgan fingerprint density at radius 1 is 1.16 bits per heavy atom. The van der Waals surface area contributed by atoms with Gasteiger partial charge in [-0.2, -0.15) is 0 Å². The summed E-state index contributed by atoms with van der Waals surface area (Å²) >= 11 is 0. The zero-order valence-corrected chi connectivity index (χ0v) is 21.7. The number of ether oxygens (including phenoxy) is 2. The van der Waals surface area contributed by atoms with Crippen LogP contribution in [0.3, 0.4) is 0 Å². The summed E-state index contributed by atoms with van der Waals surface area (Å²) in [4.78, 5) is 32.3. The molecule has 0 saturated carbocycles. The van der Waals surface area contributed by atoms with Crippen LogP contribution in [0.15, 0.2) is 34.9 Å². The van der Waals surface area contributed by atoms with Crippen LogP contribution in [0.25, 0.3) is 11.1 Å². The van der Waals surface area contributed by atoms with E-state index in [4.69, 9.17) is 13.9 Å². The number of aromatic nitrogens is 2. The van der Waals surface area contributed by atoms with E-state index in [9.17, 15) is 14.7 Å². The molecule has 0 amide bonds. The lowest BCUT2D eigenvalue weighted by molar-refractivity contribution is -0.351. The predicted molar refractivity (Wildman–Crippen MR) is 138 cm³/mol. The number of hydrogen-bond acceptors (Lipinski definition) is 7. The molecule has 5 rings (SSSR count). The molecule has 0 radical (unpaired) electrons. The Kier molecular flexibility index (Phi) is 6.85. The number of ketones is 1. The van der Waals surface area contributed by atoms with Crippen LogP contribution in [0.2, 0.25) is 0 Å². The number of Topliss-reactive ketones (excluding diaryl/α,β-unsaturated/α-hetero) is 1. The quantitative estimate of drug-likeness (QED) is 0.367. The third kappa shape index (κ3) is 4.78. The number of carboxylic acid groups (broad SMARTS) is 1. The van der Waals surface area contributed by atoms with Crippen LogP contribution in [-0.4, -0.2) is 51.9 Å². The van der Waals surface area contributed by atoms with E-state index >= 15 is 0 Å². The third-order valence-corrected chi connectivity index (χ3v) is 8.14. The second-order valence-corrected chi connectivity index (χ2v) is 10.7. The Labute approximate surface area is 215 Å². The number of carbonyl (C=O) groups excluding carboxylic acids is 1. The number of nitrogens with one attached hydrogen (secondary N) is 2. The molecular formula is C28H35N3O6. The number of carbonyl (C=O) groups is 2. The van der Waals surface area contributed by atoms with Gasteiger partial charge in [0.05, 0.1) is 30.0 Å². The van der Waals surface area contributed by atoms with Crippen LogP contribution in [-0.2, 0) is 15.9 Å². The van der Waals surface area contributed by atoms with E-state index in [1.807, 2.05) is 6.07 Å². The van der Waals surface area contributed by atoms with Crippen molar-refractivity contribution in [3.8, 4) is 0 Å². The number of H-pyrrole nitrogens is 1. The van der Waals surface area contributed by atoms with Gasteiger partial charge in [0.1, 0.15) is 11.1 Å². The van der Waals surface area contributed by atoms with Gasteiger partial charge in [-0.05, 0) is 48.9 Å². The van der Waals surface area contributed by atoms with E-state index < -0.39 is 11.8 Å². The first-order chi connectivity index (χ1) is 17.7. The van der Waals surface area contributed by atoms with Gasteiger partial charge in [-0.15, -0.1) is 0 Å². The number of aromatic carboxylic acids is 1. The molecule has 2 fully saturated rings. The van der Waals surface area contributed by atoms with Crippen LogP contribution in [0, 0.1) is 17.8 Å². The Morgan fingerprint density at radius 3 is 2.65 bits per heavy atom. The average molecular weight is 510 g/mol. The molecule has 2 aromatic heterocycles. The van der Waals surface area contributed by atoms with Crippen molar-refractivity contribution < 1.29 is 28.6 Å². The van der Waals surface area contributed by atoms with Crippen LogP contribution >= 0.6 is 0 Å². The van der Waals surface area contributed by atoms with Gasteiger partial charge in [0.2, 0.25) is 0 Å². The molecule has 6 atom stereocenters. The van der Waals surface area contributed by atoms with Crippen LogP contribution in [0.4, 0.5) is 5.69 Å². The Bertz CT molecular complexity index is 1280. The molecule has 2 saturated heterocycles. The number of anilines is 1. The molecule has 1 aromatic carbocycles. The highest BCUT2D eigenvalue weighted by molar-refractivity contribution is 6.05. The number of rotatable bonds is 7. The fourth-order valence-corrected chi connectivity index (χ4v) is 5.88. The highest BCUT2D eigenvalue weighted by Gasteiger charge is 2.51. The van der Waals surface area contributed by atoms with Crippen molar-refractivity contribution in [2.24, 2.45) is 17.8 Å². The molecule has 198 valence electrons. The molecule has 2 aliphatic rings. The topological polar surface area (TPSA) is 127 Å². The largest absolute Gasteiger partial charge is 0.478 e. The summed E-state index contributed by atoms with van der Waals surface area (Å²) in [7, 11) is 1.68. The molecule has 1 spiro atoms. The molecule has 3 aromatic rings. The molecule has 0 aliphatic carbocycles. The summed E-state index contributed by atoms with van der Waals surface area (Å²) in [6.07, 6.45) is 4.59. The lowest BCUT2D eigenvalue weighted by Crippen LogP contribution is -2.57. The number of carboxylic acids is 1. The third-order valence-electron chi connectivity index (χ3n) is 8.14. The van der Waals surface area contributed by atoms with Gasteiger partial charge in [-0.25, -0.2) is 9.78 Å². The molecule has 3 N–H and O–H groups in total. The minimum absolute atomic E-state index is 0.0360. The fraction of sp³-hybridized carbons (Fsp3) is 0.536.